The number of hydrogen-bond donors (Lipinski definition) is 0. The number of esters is 1. The number of carbonyl (C=O) groups is 2. The highest BCUT2D eigenvalue weighted by molar-refractivity contribution is 9.10. The van der Waals surface area contributed by atoms with E-state index >= 15 is 0 Å². The molecule has 0 bridgehead atoms. The molecule has 0 aromatic heterocycles. The van der Waals surface area contributed by atoms with E-state index in [0.29, 0.717) is 16.9 Å². The second-order valence-electron chi connectivity index (χ2n) is 4.60. The summed E-state index contributed by atoms with van der Waals surface area (Å²) in [7, 11) is 1.46. The normalized spacial score (nSPS) is 11.6. The maximum absolute atomic E-state index is 12.1. The minimum atomic E-state index is -0.480. The molecule has 0 fully saturated rings. The highest BCUT2D eigenvalue weighted by Gasteiger charge is 2.17. The van der Waals surface area contributed by atoms with Gasteiger partial charge >= 0.3 is 5.97 Å². The van der Waals surface area contributed by atoms with Gasteiger partial charge in [-0.25, -0.2) is 4.79 Å². The predicted octanol–water partition coefficient (Wildman–Crippen LogP) is 3.88. The first-order valence-electron chi connectivity index (χ1n) is 6.66. The van der Waals surface area contributed by atoms with Crippen molar-refractivity contribution in [2.24, 2.45) is 0 Å². The van der Waals surface area contributed by atoms with Crippen molar-refractivity contribution in [3.63, 3.8) is 0 Å². The molecule has 4 nitrogen and oxygen atoms in total. The van der Waals surface area contributed by atoms with E-state index in [0.717, 1.165) is 0 Å². The van der Waals surface area contributed by atoms with Crippen LogP contribution in [0.25, 0.3) is 0 Å². The molecule has 5 heteroatoms. The summed E-state index contributed by atoms with van der Waals surface area (Å²) in [5.41, 5.74) is 0.930. The van der Waals surface area contributed by atoms with E-state index in [9.17, 15) is 9.59 Å². The first-order valence-corrected chi connectivity index (χ1v) is 7.58. The monoisotopic (exact) mass is 362 g/mol. The quantitative estimate of drug-likeness (QED) is 0.350. The van der Waals surface area contributed by atoms with Gasteiger partial charge in [-0.2, -0.15) is 0 Å². The zero-order valence-corrected chi connectivity index (χ0v) is 13.8. The fraction of sp³-hybridized carbons (Fsp3) is 0.176. The fourth-order valence-electron chi connectivity index (χ4n) is 1.87. The molecule has 2 aromatic rings. The molecular formula is C17H15BrO4. The third-order valence-electron chi connectivity index (χ3n) is 3.02. The molecule has 2 aromatic carbocycles. The molecule has 114 valence electrons. The van der Waals surface area contributed by atoms with Gasteiger partial charge in [0.1, 0.15) is 0 Å². The van der Waals surface area contributed by atoms with Crippen LogP contribution in [0.5, 0.6) is 11.5 Å². The summed E-state index contributed by atoms with van der Waals surface area (Å²) < 4.78 is 10.5. The Morgan fingerprint density at radius 3 is 2.27 bits per heavy atom. The minimum Gasteiger partial charge on any atom is -0.493 e. The molecule has 1 atom stereocenters. The molecule has 0 saturated carbocycles. The number of ether oxygens (including phenoxy) is 2. The largest absolute Gasteiger partial charge is 0.493 e. The molecule has 0 heterocycles. The van der Waals surface area contributed by atoms with E-state index in [1.807, 2.05) is 6.07 Å². The van der Waals surface area contributed by atoms with E-state index < -0.39 is 5.97 Å². The van der Waals surface area contributed by atoms with Gasteiger partial charge in [0.15, 0.2) is 17.3 Å². The topological polar surface area (TPSA) is 52.6 Å². The lowest BCUT2D eigenvalue weighted by atomic mass is 10.1. The summed E-state index contributed by atoms with van der Waals surface area (Å²) in [6.45, 7) is 1.75. The first-order chi connectivity index (χ1) is 10.5. The highest BCUT2D eigenvalue weighted by Crippen LogP contribution is 2.29. The standard InChI is InChI=1S/C17H15BrO4/c1-11(18)16(19)13-8-9-14(15(10-13)21-2)22-17(20)12-6-4-3-5-7-12/h3-11H,1-2H3. The van der Waals surface area contributed by atoms with E-state index in [1.165, 1.54) is 7.11 Å². The average molecular weight is 363 g/mol. The molecule has 0 aliphatic carbocycles. The third kappa shape index (κ3) is 3.74. The maximum atomic E-state index is 12.1. The van der Waals surface area contributed by atoms with Crippen molar-refractivity contribution in [1.29, 1.82) is 0 Å². The summed E-state index contributed by atoms with van der Waals surface area (Å²) in [4.78, 5) is 23.7. The Kier molecular flexibility index (Phi) is 5.33. The van der Waals surface area contributed by atoms with Crippen molar-refractivity contribution in [1.82, 2.24) is 0 Å². The summed E-state index contributed by atoms with van der Waals surface area (Å²) in [6.07, 6.45) is 0. The number of benzene rings is 2. The lowest BCUT2D eigenvalue weighted by Gasteiger charge is -2.11. The lowest BCUT2D eigenvalue weighted by molar-refractivity contribution is 0.0729. The summed E-state index contributed by atoms with van der Waals surface area (Å²) in [6, 6.07) is 13.4. The van der Waals surface area contributed by atoms with Gasteiger partial charge in [0.2, 0.25) is 0 Å². The van der Waals surface area contributed by atoms with Gasteiger partial charge in [-0.05, 0) is 37.3 Å². The lowest BCUT2D eigenvalue weighted by Crippen LogP contribution is -2.12. The van der Waals surface area contributed by atoms with E-state index in [2.05, 4.69) is 15.9 Å². The number of Topliss-reactive ketones (excluding diaryl/α,β-unsaturated/α-hetero) is 1. The Morgan fingerprint density at radius 1 is 1.00 bits per heavy atom. The van der Waals surface area contributed by atoms with Crippen LogP contribution in [0.3, 0.4) is 0 Å². The van der Waals surface area contributed by atoms with Gasteiger partial charge in [0.25, 0.3) is 0 Å². The van der Waals surface area contributed by atoms with Gasteiger partial charge in [0, 0.05) is 5.56 Å². The number of alkyl halides is 1. The Labute approximate surface area is 137 Å². The SMILES string of the molecule is COc1cc(C(=O)C(C)Br)ccc1OC(=O)c1ccccc1. The van der Waals surface area contributed by atoms with Crippen LogP contribution in [-0.2, 0) is 0 Å². The summed E-state index contributed by atoms with van der Waals surface area (Å²) in [5, 5.41) is 0. The van der Waals surface area contributed by atoms with Crippen LogP contribution < -0.4 is 9.47 Å². The zero-order valence-electron chi connectivity index (χ0n) is 12.2. The van der Waals surface area contributed by atoms with Crippen molar-refractivity contribution < 1.29 is 19.1 Å². The van der Waals surface area contributed by atoms with Crippen molar-refractivity contribution in [3.05, 3.63) is 59.7 Å². The number of methoxy groups -OCH3 is 1. The Morgan fingerprint density at radius 2 is 1.68 bits per heavy atom. The summed E-state index contributed by atoms with van der Waals surface area (Å²) >= 11 is 3.24. The number of hydrogen-bond acceptors (Lipinski definition) is 4. The number of carbonyl (C=O) groups excluding carboxylic acids is 2. The minimum absolute atomic E-state index is 0.0702. The van der Waals surface area contributed by atoms with Crippen molar-refractivity contribution in [3.8, 4) is 11.5 Å². The average Bonchev–Trinajstić information content (AvgIpc) is 2.55. The third-order valence-corrected chi connectivity index (χ3v) is 3.44. The van der Waals surface area contributed by atoms with Gasteiger partial charge < -0.3 is 9.47 Å². The Bertz CT molecular complexity index is 680. The number of rotatable bonds is 5. The van der Waals surface area contributed by atoms with Gasteiger partial charge in [-0.1, -0.05) is 34.1 Å². The number of ketones is 1. The van der Waals surface area contributed by atoms with Crippen molar-refractivity contribution in [2.45, 2.75) is 11.8 Å². The molecule has 0 N–H and O–H groups in total. The van der Waals surface area contributed by atoms with Crippen LogP contribution in [0.2, 0.25) is 0 Å². The van der Waals surface area contributed by atoms with E-state index in [4.69, 9.17) is 9.47 Å². The summed E-state index contributed by atoms with van der Waals surface area (Å²) in [5.74, 6) is 0.0597. The van der Waals surface area contributed by atoms with E-state index in [-0.39, 0.29) is 16.4 Å². The van der Waals surface area contributed by atoms with E-state index in [1.54, 1.807) is 49.4 Å². The van der Waals surface area contributed by atoms with Crippen molar-refractivity contribution >= 4 is 27.7 Å². The zero-order chi connectivity index (χ0) is 16.1. The smallest absolute Gasteiger partial charge is 0.343 e. The Hall–Kier alpha value is -2.14. The van der Waals surface area contributed by atoms with Crippen molar-refractivity contribution in [2.75, 3.05) is 7.11 Å². The Balaban J connectivity index is 2.25. The van der Waals surface area contributed by atoms with Crippen LogP contribution in [0.1, 0.15) is 27.6 Å². The first kappa shape index (κ1) is 16.2. The molecule has 0 amide bonds. The highest BCUT2D eigenvalue weighted by atomic mass is 79.9. The van der Waals surface area contributed by atoms with Gasteiger partial charge in [-0.3, -0.25) is 4.79 Å². The van der Waals surface area contributed by atoms with Crippen LogP contribution in [-0.4, -0.2) is 23.7 Å². The molecule has 0 spiro atoms. The number of halogens is 1. The van der Waals surface area contributed by atoms with Crippen LogP contribution >= 0.6 is 15.9 Å². The van der Waals surface area contributed by atoms with Crippen LogP contribution in [0.4, 0.5) is 0 Å². The second kappa shape index (κ2) is 7.22. The predicted molar refractivity (Wildman–Crippen MR) is 87.1 cm³/mol. The van der Waals surface area contributed by atoms with Crippen LogP contribution in [0.15, 0.2) is 48.5 Å². The molecular weight excluding hydrogens is 348 g/mol. The molecule has 0 aliphatic rings. The fourth-order valence-corrected chi connectivity index (χ4v) is 2.13. The molecule has 22 heavy (non-hydrogen) atoms. The molecule has 1 unspecified atom stereocenters. The molecule has 0 saturated heterocycles. The molecule has 0 radical (unpaired) electrons. The van der Waals surface area contributed by atoms with Gasteiger partial charge in [-0.15, -0.1) is 0 Å². The van der Waals surface area contributed by atoms with Crippen LogP contribution in [0, 0.1) is 0 Å². The molecule has 2 rings (SSSR count). The van der Waals surface area contributed by atoms with Gasteiger partial charge in [0.05, 0.1) is 17.5 Å². The second-order valence-corrected chi connectivity index (χ2v) is 5.97. The maximum Gasteiger partial charge on any atom is 0.343 e. The molecule has 0 aliphatic heterocycles.